The van der Waals surface area contributed by atoms with Crippen LogP contribution in [0.4, 0.5) is 5.69 Å². The van der Waals surface area contributed by atoms with Gasteiger partial charge in [0.25, 0.3) is 0 Å². The van der Waals surface area contributed by atoms with E-state index in [0.29, 0.717) is 16.4 Å². The molecule has 130 valence electrons. The molecule has 0 saturated carbocycles. The second kappa shape index (κ2) is 7.50. The van der Waals surface area contributed by atoms with Crippen LogP contribution in [0.25, 0.3) is 0 Å². The van der Waals surface area contributed by atoms with Gasteiger partial charge in [-0.15, -0.1) is 0 Å². The van der Waals surface area contributed by atoms with Gasteiger partial charge in [0.1, 0.15) is 5.15 Å². The van der Waals surface area contributed by atoms with Crippen molar-refractivity contribution in [2.75, 3.05) is 0 Å². The first kappa shape index (κ1) is 17.8. The van der Waals surface area contributed by atoms with Gasteiger partial charge in [-0.1, -0.05) is 28.8 Å². The van der Waals surface area contributed by atoms with Gasteiger partial charge in [-0.3, -0.25) is 4.79 Å². The van der Waals surface area contributed by atoms with Gasteiger partial charge in [0.05, 0.1) is 11.4 Å². The lowest BCUT2D eigenvalue weighted by Gasteiger charge is -2.11. The summed E-state index contributed by atoms with van der Waals surface area (Å²) in [4.78, 5) is 20.2. The van der Waals surface area contributed by atoms with E-state index in [-0.39, 0.29) is 0 Å². The van der Waals surface area contributed by atoms with Crippen molar-refractivity contribution in [2.24, 2.45) is 10.7 Å². The van der Waals surface area contributed by atoms with Crippen molar-refractivity contribution in [2.45, 2.75) is 13.8 Å². The summed E-state index contributed by atoms with van der Waals surface area (Å²) >= 11 is 6.33. The zero-order chi connectivity index (χ0) is 18.7. The SMILES string of the molecule is Cc1cc(C)cc(C(=Nc2ccc(C(N)=O)cc2)c2cccnc2Cl)c1. The first-order valence-corrected chi connectivity index (χ1v) is 8.50. The molecule has 4 nitrogen and oxygen atoms in total. The fourth-order valence-corrected chi connectivity index (χ4v) is 2.99. The number of carbonyl (C=O) groups excluding carboxylic acids is 1. The normalized spacial score (nSPS) is 11.4. The molecule has 3 rings (SSSR count). The van der Waals surface area contributed by atoms with E-state index in [1.54, 1.807) is 30.5 Å². The molecule has 0 aliphatic heterocycles. The lowest BCUT2D eigenvalue weighted by molar-refractivity contribution is 0.100. The second-order valence-electron chi connectivity index (χ2n) is 6.09. The quantitative estimate of drug-likeness (QED) is 0.542. The van der Waals surface area contributed by atoms with E-state index in [4.69, 9.17) is 22.3 Å². The summed E-state index contributed by atoms with van der Waals surface area (Å²) in [6.45, 7) is 4.08. The van der Waals surface area contributed by atoms with Crippen molar-refractivity contribution < 1.29 is 4.79 Å². The van der Waals surface area contributed by atoms with Gasteiger partial charge in [-0.25, -0.2) is 9.98 Å². The van der Waals surface area contributed by atoms with Crippen molar-refractivity contribution in [3.05, 3.63) is 93.8 Å². The molecule has 2 N–H and O–H groups in total. The highest BCUT2D eigenvalue weighted by Crippen LogP contribution is 2.23. The van der Waals surface area contributed by atoms with Crippen LogP contribution in [0.15, 0.2) is 65.8 Å². The van der Waals surface area contributed by atoms with Gasteiger partial charge in [0.15, 0.2) is 0 Å². The maximum absolute atomic E-state index is 11.3. The molecule has 0 spiro atoms. The molecule has 3 aromatic rings. The Morgan fingerprint density at radius 2 is 1.65 bits per heavy atom. The first-order chi connectivity index (χ1) is 12.4. The van der Waals surface area contributed by atoms with Crippen molar-refractivity contribution >= 4 is 28.9 Å². The second-order valence-corrected chi connectivity index (χ2v) is 6.45. The number of carbonyl (C=O) groups is 1. The number of nitrogens with two attached hydrogens (primary N) is 1. The molecule has 0 radical (unpaired) electrons. The van der Waals surface area contributed by atoms with E-state index in [1.165, 1.54) is 0 Å². The topological polar surface area (TPSA) is 68.3 Å². The zero-order valence-corrected chi connectivity index (χ0v) is 15.3. The smallest absolute Gasteiger partial charge is 0.248 e. The number of primary amides is 1. The third kappa shape index (κ3) is 3.98. The van der Waals surface area contributed by atoms with Crippen LogP contribution in [0.2, 0.25) is 5.15 Å². The summed E-state index contributed by atoms with van der Waals surface area (Å²) in [6, 6.07) is 16.8. The number of rotatable bonds is 4. The van der Waals surface area contributed by atoms with E-state index in [9.17, 15) is 4.79 Å². The van der Waals surface area contributed by atoms with Gasteiger partial charge < -0.3 is 5.73 Å². The van der Waals surface area contributed by atoms with E-state index >= 15 is 0 Å². The summed E-state index contributed by atoms with van der Waals surface area (Å²) in [7, 11) is 0. The average molecular weight is 364 g/mol. The van der Waals surface area contributed by atoms with Crippen LogP contribution in [0, 0.1) is 13.8 Å². The van der Waals surface area contributed by atoms with Crippen molar-refractivity contribution in [3.63, 3.8) is 0 Å². The summed E-state index contributed by atoms with van der Waals surface area (Å²) in [5, 5.41) is 0.388. The first-order valence-electron chi connectivity index (χ1n) is 8.12. The predicted molar refractivity (Wildman–Crippen MR) is 105 cm³/mol. The van der Waals surface area contributed by atoms with Crippen LogP contribution in [0.3, 0.4) is 0 Å². The molecule has 0 bridgehead atoms. The molecule has 26 heavy (non-hydrogen) atoms. The van der Waals surface area contributed by atoms with E-state index in [2.05, 4.69) is 23.2 Å². The molecular weight excluding hydrogens is 346 g/mol. The molecule has 0 fully saturated rings. The van der Waals surface area contributed by atoms with E-state index in [1.807, 2.05) is 26.0 Å². The largest absolute Gasteiger partial charge is 0.366 e. The molecule has 0 atom stereocenters. The van der Waals surface area contributed by atoms with Crippen LogP contribution >= 0.6 is 11.6 Å². The van der Waals surface area contributed by atoms with E-state index < -0.39 is 5.91 Å². The lowest BCUT2D eigenvalue weighted by Crippen LogP contribution is -2.10. The molecular formula is C21H18ClN3O. The molecule has 1 heterocycles. The van der Waals surface area contributed by atoms with Gasteiger partial charge >= 0.3 is 0 Å². The highest BCUT2D eigenvalue weighted by Gasteiger charge is 2.13. The van der Waals surface area contributed by atoms with Crippen molar-refractivity contribution in [1.29, 1.82) is 0 Å². The Morgan fingerprint density at radius 1 is 1.00 bits per heavy atom. The van der Waals surface area contributed by atoms with Crippen LogP contribution in [-0.2, 0) is 0 Å². The van der Waals surface area contributed by atoms with E-state index in [0.717, 1.165) is 28.0 Å². The Kier molecular flexibility index (Phi) is 5.14. The number of nitrogens with zero attached hydrogens (tertiary/aromatic N) is 2. The fourth-order valence-electron chi connectivity index (χ4n) is 2.78. The third-order valence-corrected chi connectivity index (χ3v) is 4.20. The van der Waals surface area contributed by atoms with Crippen LogP contribution < -0.4 is 5.73 Å². The summed E-state index contributed by atoms with van der Waals surface area (Å²) in [5.74, 6) is -0.467. The molecule has 0 unspecified atom stereocenters. The molecule has 1 aromatic heterocycles. The number of pyridine rings is 1. The Labute approximate surface area is 157 Å². The Hall–Kier alpha value is -2.98. The summed E-state index contributed by atoms with van der Waals surface area (Å²) < 4.78 is 0. The molecule has 0 aliphatic carbocycles. The standard InChI is InChI=1S/C21H18ClN3O/c1-13-10-14(2)12-16(11-13)19(18-4-3-9-24-20(18)22)25-17-7-5-15(6-8-17)21(23)26/h3-12H,1-2H3,(H2,23,26). The summed E-state index contributed by atoms with van der Waals surface area (Å²) in [5.41, 5.74) is 11.1. The molecule has 0 aliphatic rings. The number of benzene rings is 2. The Morgan fingerprint density at radius 3 is 2.23 bits per heavy atom. The Balaban J connectivity index is 2.17. The van der Waals surface area contributed by atoms with Crippen molar-refractivity contribution in [1.82, 2.24) is 4.98 Å². The molecule has 1 amide bonds. The maximum Gasteiger partial charge on any atom is 0.248 e. The van der Waals surface area contributed by atoms with Gasteiger partial charge in [-0.05, 0) is 62.4 Å². The Bertz CT molecular complexity index is 974. The maximum atomic E-state index is 11.3. The molecule has 2 aromatic carbocycles. The zero-order valence-electron chi connectivity index (χ0n) is 14.5. The highest BCUT2D eigenvalue weighted by molar-refractivity contribution is 6.34. The summed E-state index contributed by atoms with van der Waals surface area (Å²) in [6.07, 6.45) is 1.65. The number of hydrogen-bond donors (Lipinski definition) is 1. The number of aromatic nitrogens is 1. The number of amides is 1. The monoisotopic (exact) mass is 363 g/mol. The minimum atomic E-state index is -0.467. The lowest BCUT2D eigenvalue weighted by atomic mass is 9.99. The minimum Gasteiger partial charge on any atom is -0.366 e. The number of aryl methyl sites for hydroxylation is 2. The van der Waals surface area contributed by atoms with Crippen LogP contribution in [-0.4, -0.2) is 16.6 Å². The predicted octanol–water partition coefficient (Wildman–Crippen LogP) is 4.62. The van der Waals surface area contributed by atoms with Crippen LogP contribution in [0.5, 0.6) is 0 Å². The van der Waals surface area contributed by atoms with Gasteiger partial charge in [0, 0.05) is 22.9 Å². The van der Waals surface area contributed by atoms with Crippen LogP contribution in [0.1, 0.15) is 32.6 Å². The molecule has 5 heteroatoms. The fraction of sp³-hybridized carbons (Fsp3) is 0.0952. The highest BCUT2D eigenvalue weighted by atomic mass is 35.5. The third-order valence-electron chi connectivity index (χ3n) is 3.90. The number of hydrogen-bond acceptors (Lipinski definition) is 3. The van der Waals surface area contributed by atoms with Gasteiger partial charge in [0.2, 0.25) is 5.91 Å². The number of aliphatic imine (C=N–C) groups is 1. The van der Waals surface area contributed by atoms with Gasteiger partial charge in [-0.2, -0.15) is 0 Å². The van der Waals surface area contributed by atoms with Crippen molar-refractivity contribution in [3.8, 4) is 0 Å². The minimum absolute atomic E-state index is 0.388. The molecule has 0 saturated heterocycles. The number of halogens is 1. The average Bonchev–Trinajstić information content (AvgIpc) is 2.60.